The summed E-state index contributed by atoms with van der Waals surface area (Å²) in [4.78, 5) is 16.0. The molecular formula is C12H21ClN4O5S. The van der Waals surface area contributed by atoms with E-state index in [1.807, 2.05) is 0 Å². The Kier molecular flexibility index (Phi) is 6.96. The standard InChI is InChI=1S/C12H20N4O5S.ClH/c1-16(2)22(18,19)7-8-4-20-5-9(8)15-12(17)10-6-21-11(3-13)14-10;/h6,8-9H,3-5,7,13H2,1-2H3,(H,15,17);1H/t8-,9+;/m0./s1. The van der Waals surface area contributed by atoms with Gasteiger partial charge in [0.05, 0.1) is 31.6 Å². The Hall–Kier alpha value is -1.20. The lowest BCUT2D eigenvalue weighted by molar-refractivity contribution is 0.0921. The van der Waals surface area contributed by atoms with Gasteiger partial charge in [-0.05, 0) is 0 Å². The normalized spacial score (nSPS) is 21.2. The fraction of sp³-hybridized carbons (Fsp3) is 0.667. The SMILES string of the molecule is CN(C)S(=O)(=O)C[C@@H]1COC[C@H]1NC(=O)c1coc(CN)n1.Cl. The Labute approximate surface area is 141 Å². The molecule has 0 saturated carbocycles. The fourth-order valence-corrected chi connectivity index (χ4v) is 3.26. The molecule has 23 heavy (non-hydrogen) atoms. The monoisotopic (exact) mass is 368 g/mol. The molecule has 2 heterocycles. The first-order valence-electron chi connectivity index (χ1n) is 6.76. The molecule has 1 aromatic heterocycles. The average Bonchev–Trinajstić information content (AvgIpc) is 3.08. The molecule has 3 N–H and O–H groups in total. The summed E-state index contributed by atoms with van der Waals surface area (Å²) in [6, 6.07) is -0.389. The van der Waals surface area contributed by atoms with Crippen molar-refractivity contribution in [1.82, 2.24) is 14.6 Å². The van der Waals surface area contributed by atoms with Crippen molar-refractivity contribution in [3.05, 3.63) is 17.8 Å². The zero-order valence-corrected chi connectivity index (χ0v) is 14.5. The highest BCUT2D eigenvalue weighted by Gasteiger charge is 2.34. The number of hydrogen-bond acceptors (Lipinski definition) is 7. The minimum absolute atomic E-state index is 0. The molecule has 0 aromatic carbocycles. The molecule has 1 aromatic rings. The number of nitrogens with two attached hydrogens (primary N) is 1. The van der Waals surface area contributed by atoms with Crippen LogP contribution in [0.5, 0.6) is 0 Å². The predicted octanol–water partition coefficient (Wildman–Crippen LogP) is -0.809. The number of ether oxygens (including phenoxy) is 1. The highest BCUT2D eigenvalue weighted by molar-refractivity contribution is 7.89. The van der Waals surface area contributed by atoms with Crippen molar-refractivity contribution < 1.29 is 22.4 Å². The number of hydrogen-bond donors (Lipinski definition) is 2. The van der Waals surface area contributed by atoms with E-state index in [2.05, 4.69) is 10.3 Å². The molecule has 1 saturated heterocycles. The van der Waals surface area contributed by atoms with Crippen LogP contribution >= 0.6 is 12.4 Å². The van der Waals surface area contributed by atoms with Gasteiger partial charge < -0.3 is 20.2 Å². The molecule has 1 aliphatic rings. The molecule has 11 heteroatoms. The number of aromatic nitrogens is 1. The summed E-state index contributed by atoms with van der Waals surface area (Å²) < 4.78 is 35.4. The summed E-state index contributed by atoms with van der Waals surface area (Å²) in [7, 11) is -0.414. The molecule has 0 unspecified atom stereocenters. The first kappa shape index (κ1) is 19.8. The number of carbonyl (C=O) groups excluding carboxylic acids is 1. The van der Waals surface area contributed by atoms with Crippen LogP contribution in [0.25, 0.3) is 0 Å². The Balaban J connectivity index is 0.00000264. The number of halogens is 1. The highest BCUT2D eigenvalue weighted by Crippen LogP contribution is 2.17. The van der Waals surface area contributed by atoms with Crippen LogP contribution in [0.2, 0.25) is 0 Å². The van der Waals surface area contributed by atoms with Crippen LogP contribution in [-0.4, -0.2) is 62.7 Å². The molecule has 2 atom stereocenters. The number of oxazole rings is 1. The van der Waals surface area contributed by atoms with E-state index in [1.165, 1.54) is 20.4 Å². The van der Waals surface area contributed by atoms with E-state index in [1.54, 1.807) is 0 Å². The third kappa shape index (κ3) is 4.88. The minimum atomic E-state index is -3.36. The van der Waals surface area contributed by atoms with Crippen LogP contribution in [0.1, 0.15) is 16.4 Å². The van der Waals surface area contributed by atoms with E-state index in [0.29, 0.717) is 0 Å². The van der Waals surface area contributed by atoms with Gasteiger partial charge in [0.15, 0.2) is 5.69 Å². The van der Waals surface area contributed by atoms with Crippen molar-refractivity contribution in [2.75, 3.05) is 33.1 Å². The van der Waals surface area contributed by atoms with Gasteiger partial charge in [0.25, 0.3) is 5.91 Å². The summed E-state index contributed by atoms with van der Waals surface area (Å²) in [5.74, 6) is -0.569. The van der Waals surface area contributed by atoms with E-state index in [0.717, 1.165) is 4.31 Å². The molecule has 0 bridgehead atoms. The summed E-state index contributed by atoms with van der Waals surface area (Å²) >= 11 is 0. The van der Waals surface area contributed by atoms with E-state index < -0.39 is 15.9 Å². The minimum Gasteiger partial charge on any atom is -0.447 e. The summed E-state index contributed by atoms with van der Waals surface area (Å²) in [6.07, 6.45) is 1.22. The Morgan fingerprint density at radius 3 is 2.74 bits per heavy atom. The molecule has 0 spiro atoms. The van der Waals surface area contributed by atoms with Gasteiger partial charge in [-0.1, -0.05) is 0 Å². The maximum Gasteiger partial charge on any atom is 0.273 e. The maximum atomic E-state index is 12.1. The fourth-order valence-electron chi connectivity index (χ4n) is 2.09. The highest BCUT2D eigenvalue weighted by atomic mass is 35.5. The van der Waals surface area contributed by atoms with Crippen LogP contribution in [0, 0.1) is 5.92 Å². The van der Waals surface area contributed by atoms with Gasteiger partial charge in [-0.15, -0.1) is 12.4 Å². The van der Waals surface area contributed by atoms with Crippen molar-refractivity contribution in [2.24, 2.45) is 11.7 Å². The smallest absolute Gasteiger partial charge is 0.273 e. The largest absolute Gasteiger partial charge is 0.447 e. The van der Waals surface area contributed by atoms with Crippen LogP contribution in [0.4, 0.5) is 0 Å². The first-order chi connectivity index (χ1) is 10.3. The lowest BCUT2D eigenvalue weighted by Gasteiger charge is -2.20. The lowest BCUT2D eigenvalue weighted by atomic mass is 10.1. The molecule has 0 radical (unpaired) electrons. The van der Waals surface area contributed by atoms with Crippen molar-refractivity contribution in [3.63, 3.8) is 0 Å². The molecule has 0 aliphatic carbocycles. The van der Waals surface area contributed by atoms with Gasteiger partial charge >= 0.3 is 0 Å². The third-order valence-corrected chi connectivity index (χ3v) is 5.42. The number of carbonyl (C=O) groups is 1. The molecule has 1 fully saturated rings. The van der Waals surface area contributed by atoms with Crippen molar-refractivity contribution in [1.29, 1.82) is 0 Å². The number of nitrogens with zero attached hydrogens (tertiary/aromatic N) is 2. The second-order valence-corrected chi connectivity index (χ2v) is 7.50. The van der Waals surface area contributed by atoms with Crippen LogP contribution < -0.4 is 11.1 Å². The van der Waals surface area contributed by atoms with E-state index in [9.17, 15) is 13.2 Å². The zero-order chi connectivity index (χ0) is 16.3. The topological polar surface area (TPSA) is 128 Å². The van der Waals surface area contributed by atoms with Gasteiger partial charge in [0.1, 0.15) is 6.26 Å². The number of nitrogens with one attached hydrogen (secondary N) is 1. The maximum absolute atomic E-state index is 12.1. The van der Waals surface area contributed by atoms with Crippen molar-refractivity contribution in [3.8, 4) is 0 Å². The molecule has 2 rings (SSSR count). The first-order valence-corrected chi connectivity index (χ1v) is 8.37. The summed E-state index contributed by atoms with van der Waals surface area (Å²) in [5.41, 5.74) is 5.48. The molecule has 9 nitrogen and oxygen atoms in total. The van der Waals surface area contributed by atoms with Crippen LogP contribution in [-0.2, 0) is 21.3 Å². The predicted molar refractivity (Wildman–Crippen MR) is 84.7 cm³/mol. The van der Waals surface area contributed by atoms with Crippen molar-refractivity contribution >= 4 is 28.3 Å². The average molecular weight is 369 g/mol. The van der Waals surface area contributed by atoms with Gasteiger partial charge in [0.2, 0.25) is 15.9 Å². The third-order valence-electron chi connectivity index (χ3n) is 3.45. The van der Waals surface area contributed by atoms with Gasteiger partial charge in [-0.3, -0.25) is 4.79 Å². The van der Waals surface area contributed by atoms with Crippen LogP contribution in [0.3, 0.4) is 0 Å². The Bertz CT molecular complexity index is 633. The van der Waals surface area contributed by atoms with Crippen molar-refractivity contribution in [2.45, 2.75) is 12.6 Å². The van der Waals surface area contributed by atoms with Gasteiger partial charge in [-0.25, -0.2) is 17.7 Å². The quantitative estimate of drug-likeness (QED) is 0.672. The lowest BCUT2D eigenvalue weighted by Crippen LogP contribution is -2.43. The van der Waals surface area contributed by atoms with Crippen LogP contribution in [0.15, 0.2) is 10.7 Å². The Morgan fingerprint density at radius 2 is 2.17 bits per heavy atom. The Morgan fingerprint density at radius 1 is 1.48 bits per heavy atom. The van der Waals surface area contributed by atoms with Gasteiger partial charge in [-0.2, -0.15) is 0 Å². The van der Waals surface area contributed by atoms with Gasteiger partial charge in [0, 0.05) is 20.0 Å². The molecule has 1 amide bonds. The second kappa shape index (κ2) is 8.06. The van der Waals surface area contributed by atoms with E-state index in [4.69, 9.17) is 14.9 Å². The number of amides is 1. The molecule has 1 aliphatic heterocycles. The number of sulfonamides is 1. The van der Waals surface area contributed by atoms with E-state index in [-0.39, 0.29) is 61.5 Å². The summed E-state index contributed by atoms with van der Waals surface area (Å²) in [5, 5.41) is 2.73. The zero-order valence-electron chi connectivity index (χ0n) is 12.9. The molecular weight excluding hydrogens is 348 g/mol. The second-order valence-electron chi connectivity index (χ2n) is 5.27. The molecule has 132 valence electrons. The summed E-state index contributed by atoms with van der Waals surface area (Å²) in [6.45, 7) is 0.648. The van der Waals surface area contributed by atoms with E-state index >= 15 is 0 Å². The number of rotatable bonds is 6.